The van der Waals surface area contributed by atoms with Crippen LogP contribution in [-0.2, 0) is 29.1 Å². The third-order valence-electron chi connectivity index (χ3n) is 4.77. The van der Waals surface area contributed by atoms with Gasteiger partial charge in [0.25, 0.3) is 5.89 Å². The molecule has 0 aliphatic carbocycles. The number of fused-ring (bicyclic) bond motifs is 1. The molecule has 148 valence electrons. The SMILES string of the molecule is CCCCc1nnc(-c2cc3ccccc3n2CC(=O)OCc2ccccc2)o1. The van der Waals surface area contributed by atoms with Crippen molar-refractivity contribution < 1.29 is 13.9 Å². The van der Waals surface area contributed by atoms with Crippen molar-refractivity contribution in [1.82, 2.24) is 14.8 Å². The first-order valence-corrected chi connectivity index (χ1v) is 9.85. The average Bonchev–Trinajstić information content (AvgIpc) is 3.36. The molecule has 29 heavy (non-hydrogen) atoms. The minimum absolute atomic E-state index is 0.0718. The first-order valence-electron chi connectivity index (χ1n) is 9.85. The van der Waals surface area contributed by atoms with Gasteiger partial charge in [-0.25, -0.2) is 0 Å². The summed E-state index contributed by atoms with van der Waals surface area (Å²) in [5.74, 6) is 0.718. The topological polar surface area (TPSA) is 70.2 Å². The predicted octanol–water partition coefficient (Wildman–Crippen LogP) is 4.78. The van der Waals surface area contributed by atoms with E-state index in [9.17, 15) is 4.79 Å². The molecule has 6 heteroatoms. The number of esters is 1. The molecule has 4 rings (SSSR count). The first kappa shape index (κ1) is 18.9. The van der Waals surface area contributed by atoms with Crippen molar-refractivity contribution in [2.45, 2.75) is 39.3 Å². The molecule has 0 saturated carbocycles. The van der Waals surface area contributed by atoms with Gasteiger partial charge in [0.05, 0.1) is 0 Å². The van der Waals surface area contributed by atoms with Crippen LogP contribution in [0.4, 0.5) is 0 Å². The number of para-hydroxylation sites is 1. The number of ether oxygens (including phenoxy) is 1. The van der Waals surface area contributed by atoms with Gasteiger partial charge in [-0.3, -0.25) is 4.79 Å². The summed E-state index contributed by atoms with van der Waals surface area (Å²) in [5.41, 5.74) is 2.60. The normalized spacial score (nSPS) is 11.1. The molecule has 0 unspecified atom stereocenters. The van der Waals surface area contributed by atoms with Crippen LogP contribution in [0.5, 0.6) is 0 Å². The fourth-order valence-corrected chi connectivity index (χ4v) is 3.26. The second kappa shape index (κ2) is 8.73. The highest BCUT2D eigenvalue weighted by Crippen LogP contribution is 2.28. The minimum atomic E-state index is -0.317. The molecule has 2 aromatic carbocycles. The molecule has 0 aliphatic heterocycles. The predicted molar refractivity (Wildman–Crippen MR) is 110 cm³/mol. The highest BCUT2D eigenvalue weighted by Gasteiger charge is 2.18. The first-order chi connectivity index (χ1) is 14.2. The van der Waals surface area contributed by atoms with Crippen LogP contribution in [-0.4, -0.2) is 20.7 Å². The Labute approximate surface area is 169 Å². The fourth-order valence-electron chi connectivity index (χ4n) is 3.26. The zero-order chi connectivity index (χ0) is 20.1. The van der Waals surface area contributed by atoms with Crippen LogP contribution in [0.25, 0.3) is 22.5 Å². The fraction of sp³-hybridized carbons (Fsp3) is 0.261. The van der Waals surface area contributed by atoms with E-state index in [0.717, 1.165) is 41.4 Å². The van der Waals surface area contributed by atoms with Crippen LogP contribution in [0.1, 0.15) is 31.2 Å². The van der Waals surface area contributed by atoms with E-state index < -0.39 is 0 Å². The maximum absolute atomic E-state index is 12.5. The largest absolute Gasteiger partial charge is 0.459 e. The van der Waals surface area contributed by atoms with Crippen LogP contribution >= 0.6 is 0 Å². The molecule has 0 amide bonds. The van der Waals surface area contributed by atoms with E-state index in [0.29, 0.717) is 11.8 Å². The van der Waals surface area contributed by atoms with Crippen molar-refractivity contribution in [2.24, 2.45) is 0 Å². The molecule has 0 saturated heterocycles. The van der Waals surface area contributed by atoms with Crippen molar-refractivity contribution in [1.29, 1.82) is 0 Å². The Balaban J connectivity index is 1.58. The number of carbonyl (C=O) groups is 1. The van der Waals surface area contributed by atoms with E-state index in [-0.39, 0.29) is 19.1 Å². The lowest BCUT2D eigenvalue weighted by molar-refractivity contribution is -0.145. The van der Waals surface area contributed by atoms with E-state index in [1.807, 2.05) is 65.2 Å². The number of aromatic nitrogens is 3. The van der Waals surface area contributed by atoms with Crippen molar-refractivity contribution in [3.8, 4) is 11.6 Å². The van der Waals surface area contributed by atoms with E-state index in [1.165, 1.54) is 0 Å². The van der Waals surface area contributed by atoms with Gasteiger partial charge in [-0.1, -0.05) is 61.9 Å². The van der Waals surface area contributed by atoms with Crippen molar-refractivity contribution in [3.63, 3.8) is 0 Å². The standard InChI is InChI=1S/C23H23N3O3/c1-2-3-13-21-24-25-23(29-21)20-14-18-11-7-8-12-19(18)26(20)15-22(27)28-16-17-9-5-4-6-10-17/h4-12,14H,2-3,13,15-16H2,1H3. The highest BCUT2D eigenvalue weighted by molar-refractivity contribution is 5.87. The van der Waals surface area contributed by atoms with Gasteiger partial charge < -0.3 is 13.7 Å². The minimum Gasteiger partial charge on any atom is -0.459 e. The molecule has 2 aromatic heterocycles. The Morgan fingerprint density at radius 1 is 1.07 bits per heavy atom. The molecule has 0 N–H and O–H groups in total. The Hall–Kier alpha value is -3.41. The summed E-state index contributed by atoms with van der Waals surface area (Å²) in [4.78, 5) is 12.5. The second-order valence-corrected chi connectivity index (χ2v) is 6.93. The zero-order valence-corrected chi connectivity index (χ0v) is 16.4. The summed E-state index contributed by atoms with van der Waals surface area (Å²) < 4.78 is 13.2. The van der Waals surface area contributed by atoms with E-state index >= 15 is 0 Å². The van der Waals surface area contributed by atoms with E-state index in [2.05, 4.69) is 17.1 Å². The highest BCUT2D eigenvalue weighted by atomic mass is 16.5. The summed E-state index contributed by atoms with van der Waals surface area (Å²) >= 11 is 0. The molecule has 0 aliphatic rings. The lowest BCUT2D eigenvalue weighted by atomic mass is 10.2. The van der Waals surface area contributed by atoms with Gasteiger partial charge >= 0.3 is 5.97 Å². The molecule has 0 atom stereocenters. The van der Waals surface area contributed by atoms with Crippen LogP contribution in [0, 0.1) is 0 Å². The third kappa shape index (κ3) is 4.37. The molecular weight excluding hydrogens is 366 g/mol. The maximum atomic E-state index is 12.5. The van der Waals surface area contributed by atoms with Crippen molar-refractivity contribution in [3.05, 3.63) is 72.1 Å². The summed E-state index contributed by atoms with van der Waals surface area (Å²) in [6, 6.07) is 19.5. The zero-order valence-electron chi connectivity index (χ0n) is 16.4. The Bertz CT molecular complexity index is 1100. The lowest BCUT2D eigenvalue weighted by Crippen LogP contribution is -2.14. The smallest absolute Gasteiger partial charge is 0.326 e. The Kier molecular flexibility index (Phi) is 5.70. The number of unbranched alkanes of at least 4 members (excludes halogenated alkanes) is 1. The summed E-state index contributed by atoms with van der Waals surface area (Å²) in [7, 11) is 0. The summed E-state index contributed by atoms with van der Waals surface area (Å²) in [6.07, 6.45) is 2.81. The maximum Gasteiger partial charge on any atom is 0.326 e. The van der Waals surface area contributed by atoms with Gasteiger partial charge in [0.1, 0.15) is 18.8 Å². The quantitative estimate of drug-likeness (QED) is 0.406. The number of nitrogens with zero attached hydrogens (tertiary/aromatic N) is 3. The summed E-state index contributed by atoms with van der Waals surface area (Å²) in [6.45, 7) is 2.44. The second-order valence-electron chi connectivity index (χ2n) is 6.93. The van der Waals surface area contributed by atoms with Crippen molar-refractivity contribution >= 4 is 16.9 Å². The van der Waals surface area contributed by atoms with Crippen LogP contribution in [0.15, 0.2) is 65.1 Å². The third-order valence-corrected chi connectivity index (χ3v) is 4.77. The summed E-state index contributed by atoms with van der Waals surface area (Å²) in [5, 5.41) is 9.36. The van der Waals surface area contributed by atoms with E-state index in [1.54, 1.807) is 0 Å². The van der Waals surface area contributed by atoms with E-state index in [4.69, 9.17) is 9.15 Å². The van der Waals surface area contributed by atoms with Gasteiger partial charge in [-0.05, 0) is 24.1 Å². The monoisotopic (exact) mass is 389 g/mol. The number of rotatable bonds is 8. The number of aryl methyl sites for hydroxylation is 1. The molecular formula is C23H23N3O3. The molecule has 0 fully saturated rings. The van der Waals surface area contributed by atoms with Gasteiger partial charge in [0, 0.05) is 17.3 Å². The average molecular weight is 389 g/mol. The number of benzene rings is 2. The molecule has 4 aromatic rings. The van der Waals surface area contributed by atoms with Gasteiger partial charge in [-0.2, -0.15) is 0 Å². The number of hydrogen-bond acceptors (Lipinski definition) is 5. The molecule has 0 spiro atoms. The van der Waals surface area contributed by atoms with Gasteiger partial charge in [0.2, 0.25) is 5.89 Å². The molecule has 0 radical (unpaired) electrons. The lowest BCUT2D eigenvalue weighted by Gasteiger charge is -2.09. The Morgan fingerprint density at radius 3 is 2.69 bits per heavy atom. The van der Waals surface area contributed by atoms with Crippen molar-refractivity contribution in [2.75, 3.05) is 0 Å². The molecule has 2 heterocycles. The molecule has 0 bridgehead atoms. The number of hydrogen-bond donors (Lipinski definition) is 0. The van der Waals surface area contributed by atoms with Gasteiger partial charge in [-0.15, -0.1) is 10.2 Å². The van der Waals surface area contributed by atoms with Crippen LogP contribution in [0.2, 0.25) is 0 Å². The molecule has 6 nitrogen and oxygen atoms in total. The van der Waals surface area contributed by atoms with Gasteiger partial charge in [0.15, 0.2) is 0 Å². The Morgan fingerprint density at radius 2 is 1.86 bits per heavy atom. The van der Waals surface area contributed by atoms with Crippen LogP contribution < -0.4 is 0 Å². The number of carbonyl (C=O) groups excluding carboxylic acids is 1. The van der Waals surface area contributed by atoms with Crippen LogP contribution in [0.3, 0.4) is 0 Å².